The minimum absolute atomic E-state index is 0.0210. The lowest BCUT2D eigenvalue weighted by Gasteiger charge is -2.39. The third kappa shape index (κ3) is 4.05. The quantitative estimate of drug-likeness (QED) is 0.681. The second-order valence-corrected chi connectivity index (χ2v) is 8.54. The van der Waals surface area contributed by atoms with E-state index in [-0.39, 0.29) is 24.1 Å². The molecule has 0 spiro atoms. The smallest absolute Gasteiger partial charge is 0.269 e. The average molecular weight is 426 g/mol. The summed E-state index contributed by atoms with van der Waals surface area (Å²) >= 11 is 1.45. The van der Waals surface area contributed by atoms with Crippen LogP contribution in [-0.2, 0) is 11.2 Å². The summed E-state index contributed by atoms with van der Waals surface area (Å²) in [7, 11) is 0. The zero-order chi connectivity index (χ0) is 21.1. The fraction of sp³-hybridized carbons (Fsp3) is 0.409. The van der Waals surface area contributed by atoms with Gasteiger partial charge in [-0.05, 0) is 43.7 Å². The number of amides is 2. The van der Waals surface area contributed by atoms with E-state index in [1.54, 1.807) is 4.90 Å². The van der Waals surface area contributed by atoms with Crippen LogP contribution in [0.25, 0.3) is 0 Å². The molecular weight excluding hydrogens is 398 g/mol. The molecule has 0 fully saturated rings. The van der Waals surface area contributed by atoms with Gasteiger partial charge < -0.3 is 5.32 Å². The van der Waals surface area contributed by atoms with Crippen molar-refractivity contribution in [3.63, 3.8) is 0 Å². The van der Waals surface area contributed by atoms with Crippen LogP contribution in [0.3, 0.4) is 0 Å². The standard InChI is InChI=1S/C22H27N5O2S/c1-3-26-21(29)20-17(13-14-30-20)27-18(24-25-22(26)27)11-12-19(28)23-15(2)9-10-16-7-5-4-6-8-16/h4-8,13-15,22,25H,3,9-12H2,1-2H3,(H,23,28). The third-order valence-corrected chi connectivity index (χ3v) is 6.41. The highest BCUT2D eigenvalue weighted by Crippen LogP contribution is 2.36. The number of hydrazone groups is 1. The van der Waals surface area contributed by atoms with Crippen molar-refractivity contribution in [2.45, 2.75) is 51.9 Å². The van der Waals surface area contributed by atoms with Gasteiger partial charge in [0.25, 0.3) is 5.91 Å². The maximum Gasteiger partial charge on any atom is 0.269 e. The highest BCUT2D eigenvalue weighted by atomic mass is 32.1. The van der Waals surface area contributed by atoms with Crippen molar-refractivity contribution in [2.75, 3.05) is 11.4 Å². The van der Waals surface area contributed by atoms with Crippen LogP contribution in [0.2, 0.25) is 0 Å². The Bertz CT molecular complexity index is 942. The molecule has 1 aromatic carbocycles. The van der Waals surface area contributed by atoms with E-state index in [4.69, 9.17) is 0 Å². The second-order valence-electron chi connectivity index (χ2n) is 7.62. The first-order valence-corrected chi connectivity index (χ1v) is 11.3. The van der Waals surface area contributed by atoms with Gasteiger partial charge in [-0.25, -0.2) is 0 Å². The molecule has 0 saturated heterocycles. The van der Waals surface area contributed by atoms with Gasteiger partial charge in [0, 0.05) is 25.4 Å². The van der Waals surface area contributed by atoms with E-state index in [0.717, 1.165) is 29.2 Å². The summed E-state index contributed by atoms with van der Waals surface area (Å²) in [6.45, 7) is 4.59. The highest BCUT2D eigenvalue weighted by Gasteiger charge is 2.42. The van der Waals surface area contributed by atoms with Crippen LogP contribution < -0.4 is 15.6 Å². The van der Waals surface area contributed by atoms with Gasteiger partial charge in [-0.2, -0.15) is 5.10 Å². The predicted octanol–water partition coefficient (Wildman–Crippen LogP) is 3.15. The van der Waals surface area contributed by atoms with Crippen LogP contribution in [0.15, 0.2) is 46.9 Å². The molecule has 0 saturated carbocycles. The van der Waals surface area contributed by atoms with Gasteiger partial charge >= 0.3 is 0 Å². The van der Waals surface area contributed by atoms with E-state index in [1.165, 1.54) is 16.9 Å². The Morgan fingerprint density at radius 3 is 2.83 bits per heavy atom. The van der Waals surface area contributed by atoms with Gasteiger partial charge in [0.1, 0.15) is 10.7 Å². The lowest BCUT2D eigenvalue weighted by atomic mass is 10.1. The number of benzene rings is 1. The maximum absolute atomic E-state index is 12.7. The van der Waals surface area contributed by atoms with Crippen molar-refractivity contribution in [1.29, 1.82) is 0 Å². The van der Waals surface area contributed by atoms with Crippen molar-refractivity contribution in [1.82, 2.24) is 15.6 Å². The number of carbonyl (C=O) groups excluding carboxylic acids is 2. The monoisotopic (exact) mass is 425 g/mol. The minimum Gasteiger partial charge on any atom is -0.354 e. The van der Waals surface area contributed by atoms with Gasteiger partial charge in [0.15, 0.2) is 0 Å². The summed E-state index contributed by atoms with van der Waals surface area (Å²) < 4.78 is 0. The molecule has 0 aliphatic carbocycles. The van der Waals surface area contributed by atoms with Crippen molar-refractivity contribution in [3.8, 4) is 0 Å². The number of hydrogen-bond donors (Lipinski definition) is 2. The largest absolute Gasteiger partial charge is 0.354 e. The highest BCUT2D eigenvalue weighted by molar-refractivity contribution is 7.12. The number of amidine groups is 1. The van der Waals surface area contributed by atoms with Crippen LogP contribution in [0.4, 0.5) is 5.69 Å². The normalized spacial score (nSPS) is 18.4. The van der Waals surface area contributed by atoms with E-state index in [0.29, 0.717) is 19.4 Å². The van der Waals surface area contributed by atoms with Crippen LogP contribution in [0.5, 0.6) is 0 Å². The zero-order valence-corrected chi connectivity index (χ0v) is 18.1. The molecule has 2 unspecified atom stereocenters. The Morgan fingerprint density at radius 2 is 2.07 bits per heavy atom. The minimum atomic E-state index is -0.313. The van der Waals surface area contributed by atoms with Crippen molar-refractivity contribution >= 4 is 34.7 Å². The molecule has 0 bridgehead atoms. The molecule has 2 aromatic rings. The molecule has 2 N–H and O–H groups in total. The summed E-state index contributed by atoms with van der Waals surface area (Å²) in [5.74, 6) is 0.836. The first-order chi connectivity index (χ1) is 14.6. The Balaban J connectivity index is 1.31. The van der Waals surface area contributed by atoms with Crippen molar-refractivity contribution in [3.05, 3.63) is 52.2 Å². The summed E-state index contributed by atoms with van der Waals surface area (Å²) in [4.78, 5) is 29.7. The van der Waals surface area contributed by atoms with Crippen LogP contribution in [0, 0.1) is 0 Å². The summed E-state index contributed by atoms with van der Waals surface area (Å²) in [5, 5.41) is 9.46. The Hall–Kier alpha value is -2.87. The van der Waals surface area contributed by atoms with Gasteiger partial charge in [-0.15, -0.1) is 11.3 Å². The van der Waals surface area contributed by atoms with E-state index in [2.05, 4.69) is 28.0 Å². The Labute approximate surface area is 180 Å². The second kappa shape index (κ2) is 8.87. The van der Waals surface area contributed by atoms with Crippen LogP contribution >= 0.6 is 11.3 Å². The van der Waals surface area contributed by atoms with Crippen LogP contribution in [-0.4, -0.2) is 41.4 Å². The van der Waals surface area contributed by atoms with Crippen molar-refractivity contribution in [2.24, 2.45) is 5.10 Å². The van der Waals surface area contributed by atoms with Gasteiger partial charge in [-0.1, -0.05) is 30.3 Å². The lowest BCUT2D eigenvalue weighted by molar-refractivity contribution is -0.121. The van der Waals surface area contributed by atoms with Gasteiger partial charge in [0.05, 0.1) is 5.69 Å². The molecule has 3 heterocycles. The first-order valence-electron chi connectivity index (χ1n) is 10.4. The molecule has 2 atom stereocenters. The molecular formula is C22H27N5O2S. The lowest BCUT2D eigenvalue weighted by Crippen LogP contribution is -2.58. The summed E-state index contributed by atoms with van der Waals surface area (Å²) in [6.07, 6.45) is 2.40. The Kier molecular flexibility index (Phi) is 6.03. The first kappa shape index (κ1) is 20.4. The fourth-order valence-corrected chi connectivity index (χ4v) is 4.76. The number of carbonyl (C=O) groups is 2. The number of thiophene rings is 1. The number of hydrogen-bond acceptors (Lipinski definition) is 6. The molecule has 2 amide bonds. The predicted molar refractivity (Wildman–Crippen MR) is 119 cm³/mol. The third-order valence-electron chi connectivity index (χ3n) is 5.52. The summed E-state index contributed by atoms with van der Waals surface area (Å²) in [5.41, 5.74) is 5.22. The molecule has 7 nitrogen and oxygen atoms in total. The number of nitrogens with zero attached hydrogens (tertiary/aromatic N) is 3. The number of rotatable bonds is 8. The topological polar surface area (TPSA) is 77.0 Å². The van der Waals surface area contributed by atoms with E-state index in [9.17, 15) is 9.59 Å². The van der Waals surface area contributed by atoms with E-state index < -0.39 is 0 Å². The van der Waals surface area contributed by atoms with E-state index >= 15 is 0 Å². The fourth-order valence-electron chi connectivity index (χ4n) is 3.92. The molecule has 1 aromatic heterocycles. The number of fused-ring (bicyclic) bond motifs is 3. The summed E-state index contributed by atoms with van der Waals surface area (Å²) in [6, 6.07) is 12.4. The Morgan fingerprint density at radius 1 is 1.27 bits per heavy atom. The van der Waals surface area contributed by atoms with Gasteiger partial charge in [0.2, 0.25) is 12.2 Å². The number of anilines is 1. The molecule has 2 aliphatic heterocycles. The maximum atomic E-state index is 12.7. The van der Waals surface area contributed by atoms with Crippen molar-refractivity contribution < 1.29 is 9.59 Å². The molecule has 0 radical (unpaired) electrons. The number of nitrogens with one attached hydrogen (secondary N) is 2. The van der Waals surface area contributed by atoms with Gasteiger partial charge in [-0.3, -0.25) is 24.8 Å². The number of aryl methyl sites for hydroxylation is 1. The average Bonchev–Trinajstić information content (AvgIpc) is 3.39. The molecule has 30 heavy (non-hydrogen) atoms. The van der Waals surface area contributed by atoms with Crippen LogP contribution in [0.1, 0.15) is 48.3 Å². The molecule has 2 aliphatic rings. The van der Waals surface area contributed by atoms with E-state index in [1.807, 2.05) is 48.4 Å². The SMILES string of the molecule is CCN1C(=O)c2sccc2N2C(CCC(=O)NC(C)CCc3ccccc3)=NNC12. The molecule has 158 valence electrons. The molecule has 4 rings (SSSR count). The molecule has 8 heteroatoms. The zero-order valence-electron chi connectivity index (χ0n) is 17.3.